The Labute approximate surface area is 122 Å². The molecule has 2 aromatic carbocycles. The van der Waals surface area contributed by atoms with Crippen LogP contribution in [0.2, 0.25) is 5.02 Å². The van der Waals surface area contributed by atoms with E-state index in [0.717, 1.165) is 0 Å². The maximum Gasteiger partial charge on any atom is 0.147 e. The third kappa shape index (κ3) is 3.03. The van der Waals surface area contributed by atoms with Crippen LogP contribution in [0.15, 0.2) is 42.5 Å². The molecule has 20 heavy (non-hydrogen) atoms. The van der Waals surface area contributed by atoms with Crippen molar-refractivity contribution in [1.29, 1.82) is 0 Å². The first-order valence-electron chi connectivity index (χ1n) is 6.11. The highest BCUT2D eigenvalue weighted by atomic mass is 35.5. The van der Waals surface area contributed by atoms with Crippen LogP contribution < -0.4 is 10.1 Å². The second-order valence-electron chi connectivity index (χ2n) is 4.22. The van der Waals surface area contributed by atoms with E-state index in [0.29, 0.717) is 17.0 Å². The first-order valence-corrected chi connectivity index (χ1v) is 6.49. The molecule has 0 amide bonds. The summed E-state index contributed by atoms with van der Waals surface area (Å²) in [5, 5.41) is 12.6. The molecule has 0 fully saturated rings. The van der Waals surface area contributed by atoms with Crippen molar-refractivity contribution in [3.63, 3.8) is 0 Å². The summed E-state index contributed by atoms with van der Waals surface area (Å²) in [6.45, 7) is -0.269. The molecule has 0 radical (unpaired) electrons. The van der Waals surface area contributed by atoms with Crippen LogP contribution in [-0.2, 0) is 0 Å². The van der Waals surface area contributed by atoms with Crippen molar-refractivity contribution in [1.82, 2.24) is 0 Å². The Morgan fingerprint density at radius 2 is 2.00 bits per heavy atom. The highest BCUT2D eigenvalue weighted by Gasteiger charge is 2.17. The highest BCUT2D eigenvalue weighted by molar-refractivity contribution is 6.30. The minimum absolute atomic E-state index is 0.0303. The average molecular weight is 296 g/mol. The number of rotatable bonds is 5. The summed E-state index contributed by atoms with van der Waals surface area (Å²) in [5.41, 5.74) is 0.985. The van der Waals surface area contributed by atoms with Crippen LogP contribution in [0.1, 0.15) is 11.6 Å². The molecule has 106 valence electrons. The standard InChI is InChI=1S/C15H15ClFNO2/c1-20-14-8-3-2-7-12(14)18-13(9-19)10-5-4-6-11(16)15(10)17/h2-8,13,18-19H,9H2,1H3. The van der Waals surface area contributed by atoms with Gasteiger partial charge in [-0.3, -0.25) is 0 Å². The summed E-state index contributed by atoms with van der Waals surface area (Å²) < 4.78 is 19.2. The van der Waals surface area contributed by atoms with Gasteiger partial charge in [0.1, 0.15) is 11.6 Å². The molecule has 0 spiro atoms. The normalized spacial score (nSPS) is 12.0. The van der Waals surface area contributed by atoms with E-state index in [9.17, 15) is 9.50 Å². The zero-order chi connectivity index (χ0) is 14.5. The number of anilines is 1. The minimum Gasteiger partial charge on any atom is -0.495 e. The highest BCUT2D eigenvalue weighted by Crippen LogP contribution is 2.30. The van der Waals surface area contributed by atoms with Gasteiger partial charge in [0.15, 0.2) is 0 Å². The van der Waals surface area contributed by atoms with Crippen LogP contribution in [0.3, 0.4) is 0 Å². The predicted octanol–water partition coefficient (Wildman–Crippen LogP) is 3.63. The summed E-state index contributed by atoms with van der Waals surface area (Å²) in [4.78, 5) is 0. The Morgan fingerprint density at radius 3 is 2.70 bits per heavy atom. The van der Waals surface area contributed by atoms with Gasteiger partial charge in [-0.1, -0.05) is 35.9 Å². The number of hydrogen-bond acceptors (Lipinski definition) is 3. The van der Waals surface area contributed by atoms with Crippen molar-refractivity contribution in [3.8, 4) is 5.75 Å². The van der Waals surface area contributed by atoms with Gasteiger partial charge in [0.25, 0.3) is 0 Å². The van der Waals surface area contributed by atoms with E-state index >= 15 is 0 Å². The molecule has 3 nitrogen and oxygen atoms in total. The van der Waals surface area contributed by atoms with Gasteiger partial charge in [0.05, 0.1) is 30.5 Å². The molecule has 1 unspecified atom stereocenters. The molecule has 1 atom stereocenters. The fourth-order valence-corrected chi connectivity index (χ4v) is 2.14. The minimum atomic E-state index is -0.606. The molecule has 0 bridgehead atoms. The molecule has 0 aliphatic heterocycles. The Kier molecular flexibility index (Phi) is 4.82. The van der Waals surface area contributed by atoms with Gasteiger partial charge < -0.3 is 15.2 Å². The first kappa shape index (κ1) is 14.6. The predicted molar refractivity (Wildman–Crippen MR) is 77.9 cm³/mol. The third-order valence-electron chi connectivity index (χ3n) is 2.98. The van der Waals surface area contributed by atoms with Crippen molar-refractivity contribution < 1.29 is 14.2 Å². The molecule has 0 aliphatic carbocycles. The quantitative estimate of drug-likeness (QED) is 0.885. The van der Waals surface area contributed by atoms with Crippen LogP contribution in [0.4, 0.5) is 10.1 Å². The van der Waals surface area contributed by atoms with Gasteiger partial charge in [-0.2, -0.15) is 0 Å². The lowest BCUT2D eigenvalue weighted by atomic mass is 10.1. The molecule has 0 aliphatic rings. The fraction of sp³-hybridized carbons (Fsp3) is 0.200. The van der Waals surface area contributed by atoms with Gasteiger partial charge >= 0.3 is 0 Å². The number of halogens is 2. The Hall–Kier alpha value is -1.78. The van der Waals surface area contributed by atoms with Crippen LogP contribution in [0, 0.1) is 5.82 Å². The third-order valence-corrected chi connectivity index (χ3v) is 3.27. The second kappa shape index (κ2) is 6.59. The number of hydrogen-bond donors (Lipinski definition) is 2. The summed E-state index contributed by atoms with van der Waals surface area (Å²) in [6.07, 6.45) is 0. The number of benzene rings is 2. The maximum atomic E-state index is 14.0. The topological polar surface area (TPSA) is 41.5 Å². The number of methoxy groups -OCH3 is 1. The van der Waals surface area contributed by atoms with E-state index in [2.05, 4.69) is 5.32 Å². The van der Waals surface area contributed by atoms with Crippen molar-refractivity contribution in [3.05, 3.63) is 58.9 Å². The van der Waals surface area contributed by atoms with E-state index in [1.807, 2.05) is 12.1 Å². The number of aliphatic hydroxyl groups is 1. The molecule has 2 rings (SSSR count). The summed E-state index contributed by atoms with van der Waals surface area (Å²) in [7, 11) is 1.55. The van der Waals surface area contributed by atoms with Gasteiger partial charge in [0.2, 0.25) is 0 Å². The number of para-hydroxylation sites is 2. The first-order chi connectivity index (χ1) is 9.67. The van der Waals surface area contributed by atoms with E-state index in [1.165, 1.54) is 6.07 Å². The van der Waals surface area contributed by atoms with E-state index < -0.39 is 11.9 Å². The number of ether oxygens (including phenoxy) is 1. The molecule has 5 heteroatoms. The Morgan fingerprint density at radius 1 is 1.25 bits per heavy atom. The van der Waals surface area contributed by atoms with Gasteiger partial charge in [-0.25, -0.2) is 4.39 Å². The number of aliphatic hydroxyl groups excluding tert-OH is 1. The van der Waals surface area contributed by atoms with Crippen molar-refractivity contribution in [2.75, 3.05) is 19.0 Å². The molecule has 0 saturated carbocycles. The van der Waals surface area contributed by atoms with Gasteiger partial charge in [-0.05, 0) is 18.2 Å². The van der Waals surface area contributed by atoms with Crippen molar-refractivity contribution in [2.24, 2.45) is 0 Å². The number of nitrogens with one attached hydrogen (secondary N) is 1. The monoisotopic (exact) mass is 295 g/mol. The van der Waals surface area contributed by atoms with Crippen LogP contribution in [0.5, 0.6) is 5.75 Å². The lowest BCUT2D eigenvalue weighted by molar-refractivity contribution is 0.273. The molecular weight excluding hydrogens is 281 g/mol. The molecule has 2 N–H and O–H groups in total. The zero-order valence-corrected chi connectivity index (χ0v) is 11.7. The maximum absolute atomic E-state index is 14.0. The Balaban J connectivity index is 2.31. The average Bonchev–Trinajstić information content (AvgIpc) is 2.48. The molecule has 0 aromatic heterocycles. The van der Waals surface area contributed by atoms with Crippen molar-refractivity contribution >= 4 is 17.3 Å². The van der Waals surface area contributed by atoms with Crippen molar-refractivity contribution in [2.45, 2.75) is 6.04 Å². The lowest BCUT2D eigenvalue weighted by Gasteiger charge is -2.20. The van der Waals surface area contributed by atoms with E-state index in [1.54, 1.807) is 31.4 Å². The summed E-state index contributed by atoms with van der Waals surface area (Å²) in [5.74, 6) is 0.0870. The molecule has 0 heterocycles. The molecular formula is C15H15ClFNO2. The summed E-state index contributed by atoms with van der Waals surface area (Å²) >= 11 is 5.77. The fourth-order valence-electron chi connectivity index (χ4n) is 1.96. The largest absolute Gasteiger partial charge is 0.495 e. The smallest absolute Gasteiger partial charge is 0.147 e. The SMILES string of the molecule is COc1ccccc1NC(CO)c1cccc(Cl)c1F. The van der Waals surface area contributed by atoms with E-state index in [4.69, 9.17) is 16.3 Å². The van der Waals surface area contributed by atoms with Gasteiger partial charge in [0, 0.05) is 5.56 Å². The van der Waals surface area contributed by atoms with Crippen LogP contribution in [-0.4, -0.2) is 18.8 Å². The summed E-state index contributed by atoms with van der Waals surface area (Å²) in [6, 6.07) is 11.3. The van der Waals surface area contributed by atoms with Crippen LogP contribution in [0.25, 0.3) is 0 Å². The lowest BCUT2D eigenvalue weighted by Crippen LogP contribution is -2.17. The molecule has 2 aromatic rings. The van der Waals surface area contributed by atoms with Gasteiger partial charge in [-0.15, -0.1) is 0 Å². The Bertz CT molecular complexity index is 592. The zero-order valence-electron chi connectivity index (χ0n) is 10.9. The molecule has 0 saturated heterocycles. The van der Waals surface area contributed by atoms with Crippen LogP contribution >= 0.6 is 11.6 Å². The van der Waals surface area contributed by atoms with E-state index in [-0.39, 0.29) is 11.6 Å². The second-order valence-corrected chi connectivity index (χ2v) is 4.63.